The van der Waals surface area contributed by atoms with E-state index in [1.807, 2.05) is 18.2 Å². The molecule has 22 heavy (non-hydrogen) atoms. The van der Waals surface area contributed by atoms with Crippen molar-refractivity contribution in [2.45, 2.75) is 24.2 Å². The van der Waals surface area contributed by atoms with E-state index in [-0.39, 0.29) is 5.41 Å². The third kappa shape index (κ3) is 3.50. The van der Waals surface area contributed by atoms with E-state index in [0.717, 1.165) is 13.0 Å². The topological polar surface area (TPSA) is 46.2 Å². The van der Waals surface area contributed by atoms with Gasteiger partial charge in [0.1, 0.15) is 0 Å². The zero-order valence-corrected chi connectivity index (χ0v) is 13.6. The lowest BCUT2D eigenvalue weighted by Gasteiger charge is -2.18. The maximum Gasteiger partial charge on any atom is 0.177 e. The van der Waals surface area contributed by atoms with E-state index in [4.69, 9.17) is 0 Å². The predicted molar refractivity (Wildman–Crippen MR) is 89.9 cm³/mol. The summed E-state index contributed by atoms with van der Waals surface area (Å²) in [6, 6.07) is 17.6. The van der Waals surface area contributed by atoms with Gasteiger partial charge in [-0.3, -0.25) is 0 Å². The molecule has 0 saturated heterocycles. The van der Waals surface area contributed by atoms with Crippen LogP contribution in [0.1, 0.15) is 18.4 Å². The van der Waals surface area contributed by atoms with Crippen molar-refractivity contribution in [3.05, 3.63) is 60.2 Å². The van der Waals surface area contributed by atoms with E-state index >= 15 is 0 Å². The first kappa shape index (κ1) is 15.1. The fourth-order valence-electron chi connectivity index (χ4n) is 2.84. The number of hydrogen-bond donors (Lipinski definition) is 1. The molecule has 2 aromatic carbocycles. The van der Waals surface area contributed by atoms with Crippen LogP contribution in [0, 0.1) is 5.41 Å². The molecule has 0 unspecified atom stereocenters. The second-order valence-electron chi connectivity index (χ2n) is 6.28. The fraction of sp³-hybridized carbons (Fsp3) is 0.333. The Bertz CT molecular complexity index is 750. The molecule has 1 aliphatic carbocycles. The van der Waals surface area contributed by atoms with Crippen LogP contribution < -0.4 is 5.32 Å². The molecule has 1 saturated carbocycles. The zero-order chi connectivity index (χ0) is 15.6. The summed E-state index contributed by atoms with van der Waals surface area (Å²) >= 11 is 0. The number of anilines is 1. The van der Waals surface area contributed by atoms with Gasteiger partial charge in [-0.1, -0.05) is 42.5 Å². The number of para-hydroxylation sites is 1. The number of hydrogen-bond acceptors (Lipinski definition) is 3. The maximum atomic E-state index is 11.8. The highest BCUT2D eigenvalue weighted by Crippen LogP contribution is 2.48. The van der Waals surface area contributed by atoms with Crippen LogP contribution in [0.2, 0.25) is 0 Å². The molecule has 0 radical (unpaired) electrons. The lowest BCUT2D eigenvalue weighted by atomic mass is 9.96. The number of nitrogens with one attached hydrogen (secondary N) is 1. The van der Waals surface area contributed by atoms with Crippen molar-refractivity contribution in [2.24, 2.45) is 5.41 Å². The van der Waals surface area contributed by atoms with Crippen LogP contribution in [-0.2, 0) is 16.3 Å². The van der Waals surface area contributed by atoms with E-state index in [1.54, 1.807) is 12.1 Å². The molecule has 0 aliphatic heterocycles. The van der Waals surface area contributed by atoms with Crippen LogP contribution in [-0.4, -0.2) is 21.2 Å². The highest BCUT2D eigenvalue weighted by molar-refractivity contribution is 7.90. The Kier molecular flexibility index (Phi) is 3.96. The Balaban J connectivity index is 1.71. The maximum absolute atomic E-state index is 11.8. The zero-order valence-electron chi connectivity index (χ0n) is 12.7. The molecule has 4 heteroatoms. The van der Waals surface area contributed by atoms with Gasteiger partial charge in [-0.05, 0) is 42.4 Å². The van der Waals surface area contributed by atoms with Gasteiger partial charge in [-0.2, -0.15) is 0 Å². The van der Waals surface area contributed by atoms with E-state index in [1.165, 1.54) is 24.7 Å². The molecule has 0 heterocycles. The summed E-state index contributed by atoms with van der Waals surface area (Å²) in [5.74, 6) is 0. The van der Waals surface area contributed by atoms with Crippen molar-refractivity contribution in [1.29, 1.82) is 0 Å². The third-order valence-corrected chi connectivity index (χ3v) is 5.47. The first-order chi connectivity index (χ1) is 10.5. The van der Waals surface area contributed by atoms with Gasteiger partial charge in [-0.15, -0.1) is 0 Å². The van der Waals surface area contributed by atoms with Gasteiger partial charge in [0.05, 0.1) is 10.6 Å². The predicted octanol–water partition coefficient (Wildman–Crippen LogP) is 3.52. The molecule has 0 spiro atoms. The molecule has 1 N–H and O–H groups in total. The summed E-state index contributed by atoms with van der Waals surface area (Å²) in [7, 11) is -3.20. The van der Waals surface area contributed by atoms with Gasteiger partial charge in [0.25, 0.3) is 0 Å². The van der Waals surface area contributed by atoms with E-state index in [0.29, 0.717) is 10.6 Å². The Labute approximate surface area is 132 Å². The molecular weight excluding hydrogens is 294 g/mol. The van der Waals surface area contributed by atoms with Crippen LogP contribution >= 0.6 is 0 Å². The van der Waals surface area contributed by atoms with Crippen LogP contribution in [0.15, 0.2) is 59.5 Å². The monoisotopic (exact) mass is 315 g/mol. The van der Waals surface area contributed by atoms with Gasteiger partial charge in [-0.25, -0.2) is 8.42 Å². The fourth-order valence-corrected chi connectivity index (χ4v) is 3.71. The molecular formula is C18H21NO2S. The Morgan fingerprint density at radius 1 is 1.00 bits per heavy atom. The van der Waals surface area contributed by atoms with Crippen molar-refractivity contribution in [3.8, 4) is 0 Å². The second-order valence-corrected chi connectivity index (χ2v) is 8.27. The molecule has 116 valence electrons. The molecule has 0 atom stereocenters. The summed E-state index contributed by atoms with van der Waals surface area (Å²) in [6.45, 7) is 0.814. The Hall–Kier alpha value is -1.81. The Morgan fingerprint density at radius 2 is 1.64 bits per heavy atom. The standard InChI is InChI=1S/C18H21NO2S/c1-22(20,21)17-10-6-5-9-16(17)19-14-18(11-12-18)13-15-7-3-2-4-8-15/h2-10,19H,11-14H2,1H3. The molecule has 2 aromatic rings. The van der Waals surface area contributed by atoms with Crippen molar-refractivity contribution in [3.63, 3.8) is 0 Å². The van der Waals surface area contributed by atoms with Gasteiger partial charge in [0, 0.05) is 12.8 Å². The molecule has 3 nitrogen and oxygen atoms in total. The molecule has 0 amide bonds. The lowest BCUT2D eigenvalue weighted by Crippen LogP contribution is -2.19. The van der Waals surface area contributed by atoms with Crippen molar-refractivity contribution >= 4 is 15.5 Å². The summed E-state index contributed by atoms with van der Waals surface area (Å²) < 4.78 is 23.7. The average molecular weight is 315 g/mol. The molecule has 0 aromatic heterocycles. The van der Waals surface area contributed by atoms with Crippen LogP contribution in [0.3, 0.4) is 0 Å². The minimum Gasteiger partial charge on any atom is -0.383 e. The van der Waals surface area contributed by atoms with Gasteiger partial charge < -0.3 is 5.32 Å². The smallest absolute Gasteiger partial charge is 0.177 e. The van der Waals surface area contributed by atoms with Crippen LogP contribution in [0.5, 0.6) is 0 Å². The van der Waals surface area contributed by atoms with Crippen molar-refractivity contribution in [1.82, 2.24) is 0 Å². The minimum atomic E-state index is -3.20. The highest BCUT2D eigenvalue weighted by Gasteiger charge is 2.42. The number of benzene rings is 2. The average Bonchev–Trinajstić information content (AvgIpc) is 3.26. The number of rotatable bonds is 6. The largest absolute Gasteiger partial charge is 0.383 e. The van der Waals surface area contributed by atoms with E-state index in [9.17, 15) is 8.42 Å². The minimum absolute atomic E-state index is 0.270. The summed E-state index contributed by atoms with van der Waals surface area (Å²) in [4.78, 5) is 0.380. The Morgan fingerprint density at radius 3 is 2.27 bits per heavy atom. The SMILES string of the molecule is CS(=O)(=O)c1ccccc1NCC1(Cc2ccccc2)CC1. The molecule has 1 aliphatic rings. The van der Waals surface area contributed by atoms with E-state index < -0.39 is 9.84 Å². The highest BCUT2D eigenvalue weighted by atomic mass is 32.2. The normalized spacial score (nSPS) is 16.2. The van der Waals surface area contributed by atoms with Gasteiger partial charge in [0.2, 0.25) is 0 Å². The molecule has 0 bridgehead atoms. The summed E-state index contributed by atoms with van der Waals surface area (Å²) in [6.07, 6.45) is 4.68. The molecule has 3 rings (SSSR count). The molecule has 1 fully saturated rings. The second kappa shape index (κ2) is 5.76. The lowest BCUT2D eigenvalue weighted by molar-refractivity contribution is 0.538. The first-order valence-electron chi connectivity index (χ1n) is 7.56. The summed E-state index contributed by atoms with van der Waals surface area (Å²) in [5, 5.41) is 3.36. The third-order valence-electron chi connectivity index (χ3n) is 4.32. The van der Waals surface area contributed by atoms with Crippen molar-refractivity contribution in [2.75, 3.05) is 18.1 Å². The van der Waals surface area contributed by atoms with Crippen molar-refractivity contribution < 1.29 is 8.42 Å². The quantitative estimate of drug-likeness (QED) is 0.887. The summed E-state index contributed by atoms with van der Waals surface area (Å²) in [5.41, 5.74) is 2.33. The first-order valence-corrected chi connectivity index (χ1v) is 9.45. The van der Waals surface area contributed by atoms with Gasteiger partial charge >= 0.3 is 0 Å². The van der Waals surface area contributed by atoms with Gasteiger partial charge in [0.15, 0.2) is 9.84 Å². The number of sulfone groups is 1. The van der Waals surface area contributed by atoms with Crippen LogP contribution in [0.4, 0.5) is 5.69 Å². The van der Waals surface area contributed by atoms with Crippen LogP contribution in [0.25, 0.3) is 0 Å². The van der Waals surface area contributed by atoms with E-state index in [2.05, 4.69) is 29.6 Å².